The van der Waals surface area contributed by atoms with Crippen molar-refractivity contribution in [2.45, 2.75) is 0 Å². The van der Waals surface area contributed by atoms with Crippen molar-refractivity contribution in [2.75, 3.05) is 0 Å². The van der Waals surface area contributed by atoms with Gasteiger partial charge in [0.1, 0.15) is 17.0 Å². The van der Waals surface area contributed by atoms with Gasteiger partial charge in [0.2, 0.25) is 0 Å². The summed E-state index contributed by atoms with van der Waals surface area (Å²) >= 11 is 0. The third kappa shape index (κ3) is 4.72. The van der Waals surface area contributed by atoms with Gasteiger partial charge in [-0.05, 0) is 103 Å². The third-order valence-electron chi connectivity index (χ3n) is 10.5. The highest BCUT2D eigenvalue weighted by Gasteiger charge is 2.22. The summed E-state index contributed by atoms with van der Waals surface area (Å²) in [6, 6.07) is 54.1. The minimum absolute atomic E-state index is 0.0553. The van der Waals surface area contributed by atoms with Gasteiger partial charge in [0, 0.05) is 22.0 Å². The highest BCUT2D eigenvalue weighted by atomic mass is 16.3. The first-order valence-corrected chi connectivity index (χ1v) is 18.0. The summed E-state index contributed by atoms with van der Waals surface area (Å²) in [5.74, 6) is 0.474. The Labute approximate surface area is 319 Å². The molecule has 2 heterocycles. The topological polar surface area (TPSA) is 31.0 Å². The van der Waals surface area contributed by atoms with Gasteiger partial charge in [-0.25, -0.2) is 4.98 Å². The van der Waals surface area contributed by atoms with E-state index in [0.717, 1.165) is 82.4 Å². The molecule has 0 aliphatic heterocycles. The molecule has 2 aromatic heterocycles. The molecule has 3 heteroatoms. The first-order chi connectivity index (χ1) is 28.9. The second kappa shape index (κ2) is 12.2. The third-order valence-corrected chi connectivity index (χ3v) is 10.5. The van der Waals surface area contributed by atoms with Crippen LogP contribution in [0.15, 0.2) is 198 Å². The van der Waals surface area contributed by atoms with Gasteiger partial charge in [-0.1, -0.05) is 146 Å². The first-order valence-electron chi connectivity index (χ1n) is 20.5. The Morgan fingerprint density at radius 1 is 0.463 bits per heavy atom. The minimum Gasteiger partial charge on any atom is -0.456 e. The number of hydrogen-bond acceptors (Lipinski definition) is 2. The molecule has 0 radical (unpaired) electrons. The van der Waals surface area contributed by atoms with Crippen LogP contribution in [0.4, 0.5) is 0 Å². The molecule has 9 aromatic carbocycles. The fourth-order valence-electron chi connectivity index (χ4n) is 8.19. The van der Waals surface area contributed by atoms with E-state index in [-0.39, 0.29) is 17.8 Å². The molecule has 54 heavy (non-hydrogen) atoms. The number of benzene rings is 9. The average molecular weight is 694 g/mol. The van der Waals surface area contributed by atoms with E-state index in [0.29, 0.717) is 16.9 Å². The molecule has 0 N–H and O–H groups in total. The van der Waals surface area contributed by atoms with Gasteiger partial charge in [-0.15, -0.1) is 0 Å². The van der Waals surface area contributed by atoms with Crippen molar-refractivity contribution in [2.24, 2.45) is 0 Å². The number of imidazole rings is 1. The zero-order valence-corrected chi connectivity index (χ0v) is 28.9. The van der Waals surface area contributed by atoms with Crippen molar-refractivity contribution in [3.63, 3.8) is 0 Å². The van der Waals surface area contributed by atoms with Crippen LogP contribution in [0, 0.1) is 0 Å². The maximum Gasteiger partial charge on any atom is 0.145 e. The van der Waals surface area contributed by atoms with Gasteiger partial charge < -0.3 is 4.42 Å². The summed E-state index contributed by atoms with van der Waals surface area (Å²) in [7, 11) is 0. The van der Waals surface area contributed by atoms with Gasteiger partial charge in [-0.3, -0.25) is 4.57 Å². The lowest BCUT2D eigenvalue weighted by molar-refractivity contribution is 0.669. The summed E-state index contributed by atoms with van der Waals surface area (Å²) in [6.07, 6.45) is 0. The molecule has 3 nitrogen and oxygen atoms in total. The van der Waals surface area contributed by atoms with Gasteiger partial charge in [0.15, 0.2) is 0 Å². The van der Waals surface area contributed by atoms with E-state index in [9.17, 15) is 0 Å². The molecular weight excluding hydrogens is 657 g/mol. The summed E-state index contributed by atoms with van der Waals surface area (Å²) in [4.78, 5) is 5.05. The fourth-order valence-corrected chi connectivity index (χ4v) is 8.19. The Balaban J connectivity index is 1.22. The molecule has 11 rings (SSSR count). The fraction of sp³-hybridized carbons (Fsp3) is 0. The smallest absolute Gasteiger partial charge is 0.145 e. The van der Waals surface area contributed by atoms with E-state index in [1.54, 1.807) is 4.57 Å². The van der Waals surface area contributed by atoms with Gasteiger partial charge in [0.25, 0.3) is 0 Å². The summed E-state index contributed by atoms with van der Waals surface area (Å²) < 4.78 is 51.3. The van der Waals surface area contributed by atoms with Crippen LogP contribution in [-0.4, -0.2) is 9.55 Å². The molecule has 0 aliphatic carbocycles. The number of nitrogens with zero attached hydrogens (tertiary/aromatic N) is 2. The molecule has 0 amide bonds. The van der Waals surface area contributed by atoms with Crippen molar-refractivity contribution in [3.05, 3.63) is 194 Å². The van der Waals surface area contributed by atoms with E-state index in [1.165, 1.54) is 0 Å². The van der Waals surface area contributed by atoms with Crippen LogP contribution < -0.4 is 0 Å². The number of fused-ring (bicyclic) bond motifs is 6. The molecular formula is C51H32N2O. The zero-order valence-electron chi connectivity index (χ0n) is 33.9. The quantitative estimate of drug-likeness (QED) is 0.168. The van der Waals surface area contributed by atoms with Crippen molar-refractivity contribution >= 4 is 54.5 Å². The predicted octanol–water partition coefficient (Wildman–Crippen LogP) is 13.9. The number of aromatic nitrogens is 2. The monoisotopic (exact) mass is 693 g/mol. The number of furan rings is 1. The second-order valence-electron chi connectivity index (χ2n) is 13.5. The van der Waals surface area contributed by atoms with E-state index in [1.807, 2.05) is 60.7 Å². The number of hydrogen-bond donors (Lipinski definition) is 0. The Morgan fingerprint density at radius 2 is 1.13 bits per heavy atom. The van der Waals surface area contributed by atoms with Crippen LogP contribution in [0.5, 0.6) is 0 Å². The summed E-state index contributed by atoms with van der Waals surface area (Å²) in [5.41, 5.74) is 10.2. The molecule has 0 spiro atoms. The Bertz CT molecular complexity index is 3490. The van der Waals surface area contributed by atoms with Crippen molar-refractivity contribution in [1.29, 1.82) is 0 Å². The zero-order chi connectivity index (χ0) is 39.9. The van der Waals surface area contributed by atoms with Gasteiger partial charge in [-0.2, -0.15) is 0 Å². The Kier molecular flexibility index (Phi) is 5.79. The van der Waals surface area contributed by atoms with Crippen LogP contribution in [0.25, 0.3) is 105 Å². The molecule has 0 bridgehead atoms. The Hall–Kier alpha value is -7.23. The number of rotatable bonds is 5. The molecule has 0 unspecified atom stereocenters. The van der Waals surface area contributed by atoms with E-state index in [2.05, 4.69) is 103 Å². The van der Waals surface area contributed by atoms with E-state index < -0.39 is 18.1 Å². The molecule has 0 fully saturated rings. The lowest BCUT2D eigenvalue weighted by Crippen LogP contribution is -1.97. The lowest BCUT2D eigenvalue weighted by atomic mass is 9.83. The van der Waals surface area contributed by atoms with Crippen molar-refractivity contribution < 1.29 is 11.3 Å². The summed E-state index contributed by atoms with van der Waals surface area (Å²) in [5, 5.41) is 6.46. The van der Waals surface area contributed by atoms with E-state index in [4.69, 9.17) is 16.3 Å². The SMILES string of the molecule is [2H]c1c([2H])c([2H])c(-n2c(-c3cccc(-c4c5ccccc5c(-c5cccc6oc7ccccc7c56)c5cc(-c6ccccc6)ccc45)c3)nc3ccccc32)c([2H])c1[2H]. The largest absolute Gasteiger partial charge is 0.456 e. The van der Waals surface area contributed by atoms with Crippen molar-refractivity contribution in [1.82, 2.24) is 9.55 Å². The van der Waals surface area contributed by atoms with Crippen LogP contribution in [0.1, 0.15) is 6.85 Å². The average Bonchev–Trinajstić information content (AvgIpc) is 3.86. The normalized spacial score (nSPS) is 13.0. The molecule has 252 valence electrons. The highest BCUT2D eigenvalue weighted by molar-refractivity contribution is 6.26. The molecule has 0 saturated heterocycles. The van der Waals surface area contributed by atoms with Gasteiger partial charge >= 0.3 is 0 Å². The second-order valence-corrected chi connectivity index (χ2v) is 13.5. The minimum atomic E-state index is -0.438. The maximum absolute atomic E-state index is 8.93. The van der Waals surface area contributed by atoms with E-state index >= 15 is 0 Å². The van der Waals surface area contributed by atoms with Crippen LogP contribution in [-0.2, 0) is 0 Å². The molecule has 0 aliphatic rings. The summed E-state index contributed by atoms with van der Waals surface area (Å²) in [6.45, 7) is 0. The van der Waals surface area contributed by atoms with Crippen molar-refractivity contribution in [3.8, 4) is 50.5 Å². The van der Waals surface area contributed by atoms with Crippen LogP contribution in [0.2, 0.25) is 0 Å². The number of para-hydroxylation sites is 4. The first kappa shape index (κ1) is 25.7. The molecule has 0 atom stereocenters. The maximum atomic E-state index is 8.93. The standard InChI is InChI=1S/C51H32N2O/c1-3-15-33(16-4-1)34-29-30-40-43(32-34)49(42-24-14-28-47-50(42)41-23-9-12-27-46(41)54-47)39-22-8-7-21-38(39)48(40)35-17-13-18-36(31-35)51-52-44-25-10-11-26-45(44)53(51)37-19-5-2-6-20-37/h1-32H/i2D,5D,6D,19D,20D. The van der Waals surface area contributed by atoms with Crippen LogP contribution in [0.3, 0.4) is 0 Å². The predicted molar refractivity (Wildman–Crippen MR) is 225 cm³/mol. The van der Waals surface area contributed by atoms with Gasteiger partial charge in [0.05, 0.1) is 17.9 Å². The molecule has 11 aromatic rings. The lowest BCUT2D eigenvalue weighted by Gasteiger charge is -2.19. The molecule has 0 saturated carbocycles. The highest BCUT2D eigenvalue weighted by Crippen LogP contribution is 2.48. The van der Waals surface area contributed by atoms with Crippen LogP contribution >= 0.6 is 0 Å². The Morgan fingerprint density at radius 3 is 2.00 bits per heavy atom.